The van der Waals surface area contributed by atoms with E-state index in [4.69, 9.17) is 4.74 Å². The van der Waals surface area contributed by atoms with Gasteiger partial charge in [-0.3, -0.25) is 9.69 Å². The summed E-state index contributed by atoms with van der Waals surface area (Å²) in [6, 6.07) is 9.30. The molecule has 7 heteroatoms. The average Bonchev–Trinajstić information content (AvgIpc) is 2.63. The lowest BCUT2D eigenvalue weighted by molar-refractivity contribution is -0.139. The van der Waals surface area contributed by atoms with Crippen LogP contribution in [0.4, 0.5) is 13.2 Å². The van der Waals surface area contributed by atoms with Crippen LogP contribution >= 0.6 is 0 Å². The third-order valence-corrected chi connectivity index (χ3v) is 4.93. The van der Waals surface area contributed by atoms with Crippen molar-refractivity contribution < 1.29 is 22.7 Å². The number of amides is 1. The standard InChI is InChI=1S/C21H23F3N2O2/c1-14-11-26(21(27)13-28-20-8-18(23)7-19(24)9-20)15(2)10-25(14)12-16-3-5-17(22)6-4-16/h3-9,14-15H,10-13H2,1-2H3/t14-,15+/m0/s1. The normalized spacial score (nSPS) is 20.2. The van der Waals surface area contributed by atoms with Crippen LogP contribution in [0.1, 0.15) is 19.4 Å². The Balaban J connectivity index is 1.56. The average molecular weight is 392 g/mol. The summed E-state index contributed by atoms with van der Waals surface area (Å²) in [7, 11) is 0. The Labute approximate surface area is 162 Å². The van der Waals surface area contributed by atoms with Crippen molar-refractivity contribution in [3.8, 4) is 5.75 Å². The number of carbonyl (C=O) groups is 1. The second-order valence-electron chi connectivity index (χ2n) is 7.19. The van der Waals surface area contributed by atoms with Gasteiger partial charge in [0.2, 0.25) is 0 Å². The van der Waals surface area contributed by atoms with E-state index in [0.29, 0.717) is 19.6 Å². The van der Waals surface area contributed by atoms with E-state index in [1.54, 1.807) is 17.0 Å². The highest BCUT2D eigenvalue weighted by Crippen LogP contribution is 2.20. The van der Waals surface area contributed by atoms with Gasteiger partial charge in [-0.05, 0) is 31.5 Å². The van der Waals surface area contributed by atoms with Crippen LogP contribution in [0.25, 0.3) is 0 Å². The van der Waals surface area contributed by atoms with Gasteiger partial charge in [-0.1, -0.05) is 12.1 Å². The minimum atomic E-state index is -0.751. The van der Waals surface area contributed by atoms with Crippen LogP contribution in [0.3, 0.4) is 0 Å². The van der Waals surface area contributed by atoms with Gasteiger partial charge < -0.3 is 9.64 Å². The minimum Gasteiger partial charge on any atom is -0.484 e. The third kappa shape index (κ3) is 5.04. The fourth-order valence-electron chi connectivity index (χ4n) is 3.43. The van der Waals surface area contributed by atoms with Gasteiger partial charge in [-0.2, -0.15) is 0 Å². The number of piperazine rings is 1. The predicted octanol–water partition coefficient (Wildman–Crippen LogP) is 3.60. The molecule has 28 heavy (non-hydrogen) atoms. The highest BCUT2D eigenvalue weighted by Gasteiger charge is 2.32. The number of halogens is 3. The number of hydrogen-bond acceptors (Lipinski definition) is 3. The second kappa shape index (κ2) is 8.65. The van der Waals surface area contributed by atoms with E-state index in [-0.39, 0.29) is 36.2 Å². The first-order chi connectivity index (χ1) is 13.3. The zero-order valence-electron chi connectivity index (χ0n) is 15.9. The monoisotopic (exact) mass is 392 g/mol. The summed E-state index contributed by atoms with van der Waals surface area (Å²) in [6.07, 6.45) is 0. The number of benzene rings is 2. The van der Waals surface area contributed by atoms with Crippen molar-refractivity contribution in [3.63, 3.8) is 0 Å². The lowest BCUT2D eigenvalue weighted by Gasteiger charge is -2.44. The summed E-state index contributed by atoms with van der Waals surface area (Å²) >= 11 is 0. The highest BCUT2D eigenvalue weighted by atomic mass is 19.1. The molecule has 2 aromatic rings. The largest absolute Gasteiger partial charge is 0.484 e. The molecule has 1 fully saturated rings. The Morgan fingerprint density at radius 1 is 0.964 bits per heavy atom. The quantitative estimate of drug-likeness (QED) is 0.780. The van der Waals surface area contributed by atoms with Crippen LogP contribution in [0, 0.1) is 17.5 Å². The predicted molar refractivity (Wildman–Crippen MR) is 99.3 cm³/mol. The van der Waals surface area contributed by atoms with Gasteiger partial charge in [0, 0.05) is 49.9 Å². The Morgan fingerprint density at radius 3 is 2.25 bits per heavy atom. The molecule has 1 saturated heterocycles. The summed E-state index contributed by atoms with van der Waals surface area (Å²) in [4.78, 5) is 16.5. The van der Waals surface area contributed by atoms with Gasteiger partial charge in [0.05, 0.1) is 0 Å². The molecule has 0 saturated carbocycles. The van der Waals surface area contributed by atoms with Gasteiger partial charge in [0.25, 0.3) is 5.91 Å². The molecule has 0 aliphatic carbocycles. The molecule has 1 aliphatic heterocycles. The van der Waals surface area contributed by atoms with Crippen molar-refractivity contribution in [2.45, 2.75) is 32.5 Å². The van der Waals surface area contributed by atoms with Crippen LogP contribution in [0.2, 0.25) is 0 Å². The van der Waals surface area contributed by atoms with Crippen molar-refractivity contribution in [2.75, 3.05) is 19.7 Å². The molecule has 0 unspecified atom stereocenters. The van der Waals surface area contributed by atoms with Gasteiger partial charge >= 0.3 is 0 Å². The maximum atomic E-state index is 13.2. The van der Waals surface area contributed by atoms with E-state index in [0.717, 1.165) is 23.8 Å². The van der Waals surface area contributed by atoms with E-state index >= 15 is 0 Å². The Bertz CT molecular complexity index is 809. The van der Waals surface area contributed by atoms with E-state index < -0.39 is 11.6 Å². The molecule has 0 radical (unpaired) electrons. The number of rotatable bonds is 5. The molecule has 2 atom stereocenters. The molecule has 4 nitrogen and oxygen atoms in total. The lowest BCUT2D eigenvalue weighted by Crippen LogP contribution is -2.58. The van der Waals surface area contributed by atoms with Crippen LogP contribution in [0.5, 0.6) is 5.75 Å². The topological polar surface area (TPSA) is 32.8 Å². The van der Waals surface area contributed by atoms with Crippen molar-refractivity contribution in [1.82, 2.24) is 9.80 Å². The second-order valence-corrected chi connectivity index (χ2v) is 7.19. The van der Waals surface area contributed by atoms with Crippen molar-refractivity contribution in [1.29, 1.82) is 0 Å². The molecule has 150 valence electrons. The Hall–Kier alpha value is -2.54. The van der Waals surface area contributed by atoms with Crippen LogP contribution in [0.15, 0.2) is 42.5 Å². The van der Waals surface area contributed by atoms with Gasteiger partial charge in [-0.25, -0.2) is 13.2 Å². The maximum Gasteiger partial charge on any atom is 0.260 e. The van der Waals surface area contributed by atoms with Crippen LogP contribution in [-0.4, -0.2) is 47.5 Å². The number of ether oxygens (including phenoxy) is 1. The van der Waals surface area contributed by atoms with Crippen LogP contribution < -0.4 is 4.74 Å². The smallest absolute Gasteiger partial charge is 0.260 e. The van der Waals surface area contributed by atoms with E-state index in [2.05, 4.69) is 4.90 Å². The van der Waals surface area contributed by atoms with Crippen molar-refractivity contribution >= 4 is 5.91 Å². The Morgan fingerprint density at radius 2 is 1.61 bits per heavy atom. The number of nitrogens with zero attached hydrogens (tertiary/aromatic N) is 2. The van der Waals surface area contributed by atoms with Gasteiger partial charge in [0.1, 0.15) is 23.2 Å². The molecule has 0 aromatic heterocycles. The zero-order chi connectivity index (χ0) is 20.3. The molecule has 0 bridgehead atoms. The lowest BCUT2D eigenvalue weighted by atomic mass is 10.1. The molecular weight excluding hydrogens is 369 g/mol. The van der Waals surface area contributed by atoms with E-state index in [1.165, 1.54) is 12.1 Å². The number of hydrogen-bond donors (Lipinski definition) is 0. The maximum absolute atomic E-state index is 13.2. The molecule has 1 aliphatic rings. The van der Waals surface area contributed by atoms with E-state index in [1.807, 2.05) is 13.8 Å². The molecule has 1 heterocycles. The highest BCUT2D eigenvalue weighted by molar-refractivity contribution is 5.78. The van der Waals surface area contributed by atoms with E-state index in [9.17, 15) is 18.0 Å². The molecule has 0 N–H and O–H groups in total. The van der Waals surface area contributed by atoms with Crippen molar-refractivity contribution in [3.05, 3.63) is 65.5 Å². The summed E-state index contributed by atoms with van der Waals surface area (Å²) in [5.41, 5.74) is 1.01. The summed E-state index contributed by atoms with van der Waals surface area (Å²) in [5, 5.41) is 0. The minimum absolute atomic E-state index is 0.0125. The molecule has 0 spiro atoms. The summed E-state index contributed by atoms with van der Waals surface area (Å²) in [6.45, 7) is 5.55. The summed E-state index contributed by atoms with van der Waals surface area (Å²) in [5.74, 6) is -2.01. The summed E-state index contributed by atoms with van der Waals surface area (Å²) < 4.78 is 44.8. The SMILES string of the molecule is C[C@@H]1CN(Cc2ccc(F)cc2)[C@@H](C)CN1C(=O)COc1cc(F)cc(F)c1. The molecular formula is C21H23F3N2O2. The first-order valence-electron chi connectivity index (χ1n) is 9.18. The third-order valence-electron chi connectivity index (χ3n) is 4.93. The molecule has 3 rings (SSSR count). The van der Waals surface area contributed by atoms with Crippen LogP contribution in [-0.2, 0) is 11.3 Å². The van der Waals surface area contributed by atoms with Gasteiger partial charge in [0.15, 0.2) is 6.61 Å². The molecule has 1 amide bonds. The zero-order valence-corrected chi connectivity index (χ0v) is 15.9. The first kappa shape index (κ1) is 20.2. The first-order valence-corrected chi connectivity index (χ1v) is 9.18. The number of carbonyl (C=O) groups excluding carboxylic acids is 1. The molecule has 2 aromatic carbocycles. The fraction of sp³-hybridized carbons (Fsp3) is 0.381. The fourth-order valence-corrected chi connectivity index (χ4v) is 3.43. The van der Waals surface area contributed by atoms with Crippen molar-refractivity contribution in [2.24, 2.45) is 0 Å². The van der Waals surface area contributed by atoms with Gasteiger partial charge in [-0.15, -0.1) is 0 Å². The Kier molecular flexibility index (Phi) is 6.24.